The number of nitrogens with zero attached hydrogens (tertiary/aromatic N) is 6. The quantitative estimate of drug-likeness (QED) is 0.0445. The lowest BCUT2D eigenvalue weighted by atomic mass is 10.0. The van der Waals surface area contributed by atoms with E-state index in [0.717, 1.165) is 31.5 Å². The molecule has 3 atom stereocenters. The number of carbonyl (C=O) groups is 7. The SMILES string of the molecule is CC(C)(CC(=O)N/N=C1\CCS(=O)(=O)c2cc(OCCCC(=O)ON3C(=O)CCC3=O)ccc21)SSCCC(=O)N1CCN(C2CC=[N+](C(=O)NCc3ccc(NC(=O)[C@H]4C[C@@H]4c4cccnc4)cc3F)CC2)CC1. The summed E-state index contributed by atoms with van der Waals surface area (Å²) in [6.07, 6.45) is 8.07. The Balaban J connectivity index is 0.691. The molecule has 1 aliphatic carbocycles. The number of piperazine rings is 1. The van der Waals surface area contributed by atoms with Crippen LogP contribution in [-0.4, -0.2) is 148 Å². The highest BCUT2D eigenvalue weighted by Crippen LogP contribution is 2.47. The minimum absolute atomic E-state index is 0.000243. The number of hydroxylamine groups is 2. The molecule has 1 unspecified atom stereocenters. The van der Waals surface area contributed by atoms with Crippen molar-refractivity contribution in [3.05, 3.63) is 83.4 Å². The first kappa shape index (κ1) is 55.0. The summed E-state index contributed by atoms with van der Waals surface area (Å²) in [5.41, 5.74) is 5.03. The van der Waals surface area contributed by atoms with Gasteiger partial charge in [-0.25, -0.2) is 32.9 Å². The second-order valence-electron chi connectivity index (χ2n) is 19.6. The number of sulfone groups is 1. The lowest BCUT2D eigenvalue weighted by Crippen LogP contribution is -2.53. The highest BCUT2D eigenvalue weighted by atomic mass is 33.1. The van der Waals surface area contributed by atoms with E-state index in [9.17, 15) is 42.0 Å². The maximum absolute atomic E-state index is 15.0. The number of hydrogen-bond acceptors (Lipinski definition) is 16. The molecule has 7 amide bonds. The zero-order valence-electron chi connectivity index (χ0n) is 41.8. The topological polar surface area (TPSA) is 246 Å². The van der Waals surface area contributed by atoms with Crippen LogP contribution in [0.5, 0.6) is 5.75 Å². The summed E-state index contributed by atoms with van der Waals surface area (Å²) in [4.78, 5) is 101. The summed E-state index contributed by atoms with van der Waals surface area (Å²) in [5.74, 6) is -2.34. The van der Waals surface area contributed by atoms with Gasteiger partial charge in [-0.1, -0.05) is 33.7 Å². The predicted molar refractivity (Wildman–Crippen MR) is 278 cm³/mol. The van der Waals surface area contributed by atoms with Crippen molar-refractivity contribution >= 4 is 90.6 Å². The molecule has 3 aromatic rings. The van der Waals surface area contributed by atoms with Crippen molar-refractivity contribution in [1.82, 2.24) is 30.6 Å². The van der Waals surface area contributed by atoms with Crippen molar-refractivity contribution in [2.45, 2.75) is 106 Å². The number of fused-ring (bicyclic) bond motifs is 1. The average molecular weight is 1090 g/mol. The van der Waals surface area contributed by atoms with E-state index in [1.807, 2.05) is 37.1 Å². The number of ether oxygens (including phenoxy) is 1. The molecular formula is C51H61FN9O11S3+. The maximum Gasteiger partial charge on any atom is 0.490 e. The molecule has 75 heavy (non-hydrogen) atoms. The van der Waals surface area contributed by atoms with Crippen molar-refractivity contribution in [3.8, 4) is 5.75 Å². The second kappa shape index (κ2) is 24.6. The van der Waals surface area contributed by atoms with Gasteiger partial charge in [0.25, 0.3) is 11.8 Å². The lowest BCUT2D eigenvalue weighted by molar-refractivity contribution is -0.432. The molecule has 2 aromatic carbocycles. The molecule has 1 aromatic heterocycles. The molecule has 20 nitrogen and oxygen atoms in total. The number of imide groups is 1. The van der Waals surface area contributed by atoms with E-state index in [2.05, 4.69) is 31.0 Å². The fourth-order valence-electron chi connectivity index (χ4n) is 9.29. The van der Waals surface area contributed by atoms with Crippen LogP contribution in [0.2, 0.25) is 0 Å². The minimum Gasteiger partial charge on any atom is -0.494 e. The van der Waals surface area contributed by atoms with Crippen LogP contribution in [0, 0.1) is 11.7 Å². The molecule has 4 aliphatic heterocycles. The Morgan fingerprint density at radius 3 is 2.49 bits per heavy atom. The Kier molecular flexibility index (Phi) is 18.1. The first-order chi connectivity index (χ1) is 35.9. The molecule has 5 heterocycles. The van der Waals surface area contributed by atoms with E-state index in [0.29, 0.717) is 65.8 Å². The molecule has 24 heteroatoms. The monoisotopic (exact) mass is 1090 g/mol. The van der Waals surface area contributed by atoms with Gasteiger partial charge in [-0.05, 0) is 74.6 Å². The van der Waals surface area contributed by atoms with Crippen molar-refractivity contribution in [2.75, 3.05) is 56.2 Å². The van der Waals surface area contributed by atoms with Crippen LogP contribution in [-0.2, 0) is 50.0 Å². The molecule has 400 valence electrons. The smallest absolute Gasteiger partial charge is 0.490 e. The van der Waals surface area contributed by atoms with Gasteiger partial charge in [0, 0.05) is 123 Å². The van der Waals surface area contributed by atoms with E-state index in [1.165, 1.54) is 33.7 Å². The zero-order chi connectivity index (χ0) is 53.3. The van der Waals surface area contributed by atoms with Crippen molar-refractivity contribution in [2.24, 2.45) is 11.0 Å². The number of nitrogens with one attached hydrogen (secondary N) is 3. The van der Waals surface area contributed by atoms with Crippen LogP contribution in [0.1, 0.15) is 101 Å². The molecule has 2 saturated heterocycles. The van der Waals surface area contributed by atoms with Crippen LogP contribution in [0.3, 0.4) is 0 Å². The summed E-state index contributed by atoms with van der Waals surface area (Å²) in [7, 11) is -0.643. The molecule has 3 N–H and O–H groups in total. The maximum atomic E-state index is 15.0. The Hall–Kier alpha value is -6.24. The van der Waals surface area contributed by atoms with Crippen LogP contribution in [0.15, 0.2) is 70.9 Å². The largest absolute Gasteiger partial charge is 0.494 e. The van der Waals surface area contributed by atoms with Gasteiger partial charge in [0.15, 0.2) is 9.84 Å². The summed E-state index contributed by atoms with van der Waals surface area (Å²) in [5, 5.41) is 10.4. The molecular weight excluding hydrogens is 1030 g/mol. The zero-order valence-corrected chi connectivity index (χ0v) is 44.2. The number of anilines is 1. The minimum atomic E-state index is -3.67. The van der Waals surface area contributed by atoms with Gasteiger partial charge in [-0.15, -0.1) is 5.06 Å². The Bertz CT molecular complexity index is 2850. The van der Waals surface area contributed by atoms with Crippen molar-refractivity contribution < 1.29 is 60.5 Å². The highest BCUT2D eigenvalue weighted by molar-refractivity contribution is 8.77. The number of carbonyl (C=O) groups excluding carboxylic acids is 7. The van der Waals surface area contributed by atoms with Gasteiger partial charge in [-0.2, -0.15) is 9.90 Å². The van der Waals surface area contributed by atoms with E-state index < -0.39 is 38.2 Å². The number of hydrazone groups is 1. The lowest BCUT2D eigenvalue weighted by Gasteiger charge is -2.39. The van der Waals surface area contributed by atoms with Gasteiger partial charge in [0.05, 0.1) is 42.1 Å². The molecule has 0 spiro atoms. The van der Waals surface area contributed by atoms with Crippen molar-refractivity contribution in [3.63, 3.8) is 0 Å². The average Bonchev–Trinajstić information content (AvgIpc) is 4.15. The number of halogens is 1. The van der Waals surface area contributed by atoms with Gasteiger partial charge in [-0.3, -0.25) is 33.9 Å². The van der Waals surface area contributed by atoms with Gasteiger partial charge >= 0.3 is 12.0 Å². The van der Waals surface area contributed by atoms with Gasteiger partial charge in [0.2, 0.25) is 17.7 Å². The number of rotatable bonds is 20. The fourth-order valence-corrected chi connectivity index (χ4v) is 13.3. The number of pyridine rings is 1. The molecule has 8 rings (SSSR count). The number of hydrogen-bond donors (Lipinski definition) is 3. The third kappa shape index (κ3) is 14.8. The highest BCUT2D eigenvalue weighted by Gasteiger charge is 2.44. The van der Waals surface area contributed by atoms with Crippen LogP contribution >= 0.6 is 21.6 Å². The number of aromatic nitrogens is 1. The van der Waals surface area contributed by atoms with Crippen LogP contribution in [0.4, 0.5) is 14.9 Å². The third-order valence-corrected chi connectivity index (χ3v) is 18.6. The summed E-state index contributed by atoms with van der Waals surface area (Å²) in [6.45, 7) is 7.05. The Labute approximate surface area is 442 Å². The summed E-state index contributed by atoms with van der Waals surface area (Å²) >= 11 is 0. The van der Waals surface area contributed by atoms with E-state index in [1.54, 1.807) is 41.2 Å². The van der Waals surface area contributed by atoms with Crippen LogP contribution < -0.4 is 20.8 Å². The van der Waals surface area contributed by atoms with E-state index >= 15 is 4.39 Å². The second-order valence-corrected chi connectivity index (χ2v) is 24.8. The first-order valence-corrected chi connectivity index (χ1v) is 29.0. The van der Waals surface area contributed by atoms with E-state index in [4.69, 9.17) is 9.57 Å². The van der Waals surface area contributed by atoms with Crippen LogP contribution in [0.25, 0.3) is 0 Å². The fraction of sp³-hybridized carbons (Fsp3) is 0.490. The Morgan fingerprint density at radius 1 is 0.987 bits per heavy atom. The summed E-state index contributed by atoms with van der Waals surface area (Å²) in [6, 6.07) is 12.7. The molecule has 0 radical (unpaired) electrons. The predicted octanol–water partition coefficient (Wildman–Crippen LogP) is 4.97. The molecule has 0 bridgehead atoms. The first-order valence-electron chi connectivity index (χ1n) is 25.0. The molecule has 3 fully saturated rings. The molecule has 5 aliphatic rings. The normalized spacial score (nSPS) is 21.0. The molecule has 1 saturated carbocycles. The van der Waals surface area contributed by atoms with Crippen molar-refractivity contribution in [1.29, 1.82) is 0 Å². The Morgan fingerprint density at radius 2 is 1.77 bits per heavy atom. The third-order valence-electron chi connectivity index (χ3n) is 13.5. The number of urea groups is 1. The number of amides is 7. The standard InChI is InChI=1S/C51H60FN9O11S3/c1-51(2,30-44(62)57-56-42-16-26-75(69,70)43-28-37(9-10-38(42)43)71-24-4-6-48(66)72-61-46(64)11-12-47(61)65)74-73-25-15-45(63)59-22-20-58(21-23-59)36-13-18-60(19-14-36)50(68)54-32-34-7-8-35(27-41(34)52)55-49(67)40-29-39(40)33-5-3-17-53-31-33/h3,5,7-10,17-18,27-28,31,36,39-40H,4,6,11-16,19-26,29-30,32H2,1-2H3,(H2-,54,55,57,62,67,68)/p+1/b56-42+/t36?,39-,40+/m1/s1. The van der Waals surface area contributed by atoms with E-state index in [-0.39, 0.29) is 110 Å². The van der Waals surface area contributed by atoms with Gasteiger partial charge < -0.3 is 19.8 Å². The summed E-state index contributed by atoms with van der Waals surface area (Å²) < 4.78 is 47.9. The van der Waals surface area contributed by atoms with Gasteiger partial charge in [0.1, 0.15) is 18.1 Å². The number of benzene rings is 2.